The van der Waals surface area contributed by atoms with Crippen LogP contribution in [-0.2, 0) is 9.53 Å². The van der Waals surface area contributed by atoms with Gasteiger partial charge in [0.15, 0.2) is 0 Å². The number of esters is 1. The maximum absolute atomic E-state index is 12.5. The molecule has 4 fully saturated rings. The van der Waals surface area contributed by atoms with E-state index < -0.39 is 5.60 Å². The molecule has 4 saturated carbocycles. The number of aliphatic hydroxyl groups is 2. The summed E-state index contributed by atoms with van der Waals surface area (Å²) in [6.07, 6.45) is 10.8. The summed E-state index contributed by atoms with van der Waals surface area (Å²) >= 11 is 0. The average molecular weight is 475 g/mol. The topological polar surface area (TPSA) is 99.1 Å². The Balaban J connectivity index is 1.33. The molecule has 0 aromatic carbocycles. The van der Waals surface area contributed by atoms with E-state index in [4.69, 9.17) is 9.84 Å². The van der Waals surface area contributed by atoms with Gasteiger partial charge in [-0.15, -0.1) is 0 Å². The molecule has 0 spiro atoms. The standard InChI is InChI=1S/C27H42N2O5/c1-25-9-6-19(29(3)24(32)28-12-13-30)15-18(25)4-5-22-21(25)7-10-26(2)20(8-11-27(22,26)33)17-14-23(31)34-16-17/h14,18-22,30,33H,4-13,15-16H2,1-3H3,(H,28,32)/t18-,19+,20-,21+,22-,25+,26-,27+/m1/s1. The molecule has 5 aliphatic rings. The molecule has 0 radical (unpaired) electrons. The van der Waals surface area contributed by atoms with Crippen molar-refractivity contribution in [2.24, 2.45) is 34.5 Å². The Morgan fingerprint density at radius 1 is 1.15 bits per heavy atom. The van der Waals surface area contributed by atoms with Crippen LogP contribution in [0, 0.1) is 34.5 Å². The predicted octanol–water partition coefficient (Wildman–Crippen LogP) is 3.25. The second-order valence-electron chi connectivity index (χ2n) is 12.3. The highest BCUT2D eigenvalue weighted by Gasteiger charge is 2.67. The Labute approximate surface area is 203 Å². The SMILES string of the molecule is CN(C(=O)NCCO)[C@H]1CC[C@@]2(C)[C@H](CC[C@@H]3[C@@H]2CC[C@]2(C)[C@@H](C4=CC(=O)OC4)CC[C@]32O)C1. The summed E-state index contributed by atoms with van der Waals surface area (Å²) in [6, 6.07) is 0.132. The van der Waals surface area contributed by atoms with Crippen molar-refractivity contribution < 1.29 is 24.5 Å². The fourth-order valence-corrected chi connectivity index (χ4v) is 9.19. The molecule has 7 nitrogen and oxygen atoms in total. The average Bonchev–Trinajstić information content (AvgIpc) is 3.36. The number of carbonyl (C=O) groups is 2. The fraction of sp³-hybridized carbons (Fsp3) is 0.852. The molecule has 3 N–H and O–H groups in total. The lowest BCUT2D eigenvalue weighted by atomic mass is 9.43. The van der Waals surface area contributed by atoms with Crippen LogP contribution in [-0.4, -0.2) is 65.6 Å². The Hall–Kier alpha value is -1.60. The van der Waals surface area contributed by atoms with Gasteiger partial charge in [0.1, 0.15) is 6.61 Å². The lowest BCUT2D eigenvalue weighted by molar-refractivity contribution is -0.206. The highest BCUT2D eigenvalue weighted by atomic mass is 16.5. The molecule has 0 saturated heterocycles. The van der Waals surface area contributed by atoms with Gasteiger partial charge in [0.25, 0.3) is 0 Å². The van der Waals surface area contributed by atoms with E-state index in [1.165, 1.54) is 0 Å². The maximum Gasteiger partial charge on any atom is 0.331 e. The minimum absolute atomic E-state index is 0.0443. The number of urea groups is 1. The third-order valence-corrected chi connectivity index (χ3v) is 11.2. The zero-order valence-electron chi connectivity index (χ0n) is 21.0. The van der Waals surface area contributed by atoms with Crippen LogP contribution in [0.25, 0.3) is 0 Å². The number of amides is 2. The molecule has 34 heavy (non-hydrogen) atoms. The first-order valence-electron chi connectivity index (χ1n) is 13.3. The summed E-state index contributed by atoms with van der Waals surface area (Å²) in [6.45, 7) is 5.37. The van der Waals surface area contributed by atoms with Crippen molar-refractivity contribution >= 4 is 12.0 Å². The molecule has 1 aliphatic heterocycles. The number of rotatable bonds is 4. The first kappa shape index (κ1) is 24.1. The van der Waals surface area contributed by atoms with Crippen LogP contribution in [0.4, 0.5) is 4.79 Å². The van der Waals surface area contributed by atoms with Gasteiger partial charge in [-0.2, -0.15) is 0 Å². The summed E-state index contributed by atoms with van der Waals surface area (Å²) in [7, 11) is 1.88. The van der Waals surface area contributed by atoms with Crippen LogP contribution in [0.15, 0.2) is 11.6 Å². The zero-order chi connectivity index (χ0) is 24.3. The summed E-state index contributed by atoms with van der Waals surface area (Å²) in [5, 5.41) is 24.1. The molecule has 0 aromatic rings. The second kappa shape index (κ2) is 8.51. The number of ether oxygens (including phenoxy) is 1. The normalized spacial score (nSPS) is 45.5. The predicted molar refractivity (Wildman–Crippen MR) is 128 cm³/mol. The minimum atomic E-state index is -0.682. The fourth-order valence-electron chi connectivity index (χ4n) is 9.19. The van der Waals surface area contributed by atoms with Crippen molar-refractivity contribution in [3.8, 4) is 0 Å². The molecule has 2 amide bonds. The van der Waals surface area contributed by atoms with Crippen LogP contribution < -0.4 is 5.32 Å². The summed E-state index contributed by atoms with van der Waals surface area (Å²) in [5.74, 6) is 1.38. The number of nitrogens with one attached hydrogen (secondary N) is 1. The number of aliphatic hydroxyl groups excluding tert-OH is 1. The molecule has 8 atom stereocenters. The zero-order valence-corrected chi connectivity index (χ0v) is 21.0. The number of nitrogens with zero attached hydrogens (tertiary/aromatic N) is 1. The van der Waals surface area contributed by atoms with Crippen molar-refractivity contribution in [1.82, 2.24) is 10.2 Å². The number of hydrogen-bond donors (Lipinski definition) is 3. The van der Waals surface area contributed by atoms with Crippen molar-refractivity contribution in [3.05, 3.63) is 11.6 Å². The van der Waals surface area contributed by atoms with E-state index in [0.717, 1.165) is 63.4 Å². The Morgan fingerprint density at radius 2 is 1.94 bits per heavy atom. The molecule has 0 aromatic heterocycles. The van der Waals surface area contributed by atoms with Gasteiger partial charge in [-0.1, -0.05) is 13.8 Å². The van der Waals surface area contributed by atoms with Crippen molar-refractivity contribution in [2.75, 3.05) is 26.8 Å². The largest absolute Gasteiger partial charge is 0.458 e. The molecular weight excluding hydrogens is 432 g/mol. The molecule has 5 rings (SSSR count). The van der Waals surface area contributed by atoms with E-state index in [0.29, 0.717) is 24.4 Å². The van der Waals surface area contributed by atoms with Crippen LogP contribution in [0.1, 0.15) is 71.6 Å². The van der Waals surface area contributed by atoms with Gasteiger partial charge in [0.05, 0.1) is 12.2 Å². The Bertz CT molecular complexity index is 875. The smallest absolute Gasteiger partial charge is 0.331 e. The van der Waals surface area contributed by atoms with Crippen LogP contribution in [0.2, 0.25) is 0 Å². The molecule has 4 aliphatic carbocycles. The van der Waals surface area contributed by atoms with E-state index in [1.54, 1.807) is 6.08 Å². The Kier molecular flexibility index (Phi) is 6.03. The monoisotopic (exact) mass is 474 g/mol. The van der Waals surface area contributed by atoms with Gasteiger partial charge < -0.3 is 25.2 Å². The van der Waals surface area contributed by atoms with Crippen molar-refractivity contribution in [2.45, 2.75) is 83.3 Å². The molecule has 1 heterocycles. The highest BCUT2D eigenvalue weighted by Crippen LogP contribution is 2.70. The number of fused-ring (bicyclic) bond motifs is 5. The molecular formula is C27H42N2O5. The summed E-state index contributed by atoms with van der Waals surface area (Å²) < 4.78 is 5.24. The number of hydrogen-bond acceptors (Lipinski definition) is 5. The maximum atomic E-state index is 12.5. The minimum Gasteiger partial charge on any atom is -0.458 e. The second-order valence-corrected chi connectivity index (χ2v) is 12.3. The van der Waals surface area contributed by atoms with Crippen molar-refractivity contribution in [1.29, 1.82) is 0 Å². The van der Waals surface area contributed by atoms with Gasteiger partial charge in [0, 0.05) is 31.1 Å². The third-order valence-electron chi connectivity index (χ3n) is 11.2. The third kappa shape index (κ3) is 3.44. The van der Waals surface area contributed by atoms with Crippen molar-refractivity contribution in [3.63, 3.8) is 0 Å². The van der Waals surface area contributed by atoms with Gasteiger partial charge in [0.2, 0.25) is 0 Å². The summed E-state index contributed by atoms with van der Waals surface area (Å²) in [5.41, 5.74) is 0.408. The van der Waals surface area contributed by atoms with E-state index in [2.05, 4.69) is 19.2 Å². The lowest BCUT2D eigenvalue weighted by Crippen LogP contribution is -2.63. The summed E-state index contributed by atoms with van der Waals surface area (Å²) in [4.78, 5) is 26.1. The van der Waals surface area contributed by atoms with E-state index in [9.17, 15) is 14.7 Å². The van der Waals surface area contributed by atoms with Crippen LogP contribution >= 0.6 is 0 Å². The molecule has 190 valence electrons. The first-order valence-corrected chi connectivity index (χ1v) is 13.3. The Morgan fingerprint density at radius 3 is 2.65 bits per heavy atom. The first-order chi connectivity index (χ1) is 16.1. The van der Waals surface area contributed by atoms with E-state index >= 15 is 0 Å². The molecule has 0 bridgehead atoms. The lowest BCUT2D eigenvalue weighted by Gasteiger charge is -2.64. The number of carbonyl (C=O) groups excluding carboxylic acids is 2. The highest BCUT2D eigenvalue weighted by molar-refractivity contribution is 5.85. The van der Waals surface area contributed by atoms with Gasteiger partial charge in [-0.05, 0) is 92.4 Å². The van der Waals surface area contributed by atoms with Crippen LogP contribution in [0.5, 0.6) is 0 Å². The van der Waals surface area contributed by atoms with Gasteiger partial charge in [-0.3, -0.25) is 0 Å². The van der Waals surface area contributed by atoms with E-state index in [-0.39, 0.29) is 47.9 Å². The quantitative estimate of drug-likeness (QED) is 0.543. The van der Waals surface area contributed by atoms with Gasteiger partial charge in [-0.25, -0.2) is 9.59 Å². The van der Waals surface area contributed by atoms with Gasteiger partial charge >= 0.3 is 12.0 Å². The molecule has 0 unspecified atom stereocenters. The molecule has 7 heteroatoms. The number of cyclic esters (lactones) is 1. The van der Waals surface area contributed by atoms with E-state index in [1.807, 2.05) is 11.9 Å². The van der Waals surface area contributed by atoms with Crippen LogP contribution in [0.3, 0.4) is 0 Å².